The van der Waals surface area contributed by atoms with Gasteiger partial charge in [0.15, 0.2) is 12.4 Å². The summed E-state index contributed by atoms with van der Waals surface area (Å²) < 4.78 is 49.7. The van der Waals surface area contributed by atoms with E-state index in [1.54, 1.807) is 26.1 Å². The highest BCUT2D eigenvalue weighted by molar-refractivity contribution is 7.21. The van der Waals surface area contributed by atoms with Crippen LogP contribution in [-0.2, 0) is 20.0 Å². The van der Waals surface area contributed by atoms with Crippen LogP contribution in [-0.4, -0.2) is 36.4 Å². The predicted molar refractivity (Wildman–Crippen MR) is 137 cm³/mol. The Bertz CT molecular complexity index is 1710. The number of carbonyl (C=O) groups is 2. The normalized spacial score (nSPS) is 11.6. The first kappa shape index (κ1) is 25.9. The summed E-state index contributed by atoms with van der Waals surface area (Å²) in [5.74, 6) is -1.03. The second-order valence-electron chi connectivity index (χ2n) is 8.45. The lowest BCUT2D eigenvalue weighted by Crippen LogP contribution is -2.18. The van der Waals surface area contributed by atoms with Crippen LogP contribution in [0.1, 0.15) is 31.5 Å². The second-order valence-corrected chi connectivity index (χ2v) is 9.45. The molecule has 0 fully saturated rings. The van der Waals surface area contributed by atoms with Gasteiger partial charge in [0.05, 0.1) is 11.9 Å². The van der Waals surface area contributed by atoms with Crippen molar-refractivity contribution in [3.8, 4) is 16.9 Å². The summed E-state index contributed by atoms with van der Waals surface area (Å²) in [6.45, 7) is 1.71. The zero-order valence-electron chi connectivity index (χ0n) is 20.5. The fourth-order valence-electron chi connectivity index (χ4n) is 3.90. The number of benzene rings is 1. The summed E-state index contributed by atoms with van der Waals surface area (Å²) in [7, 11) is 1.64. The highest BCUT2D eigenvalue weighted by atomic mass is 32.1. The first-order valence-electron chi connectivity index (χ1n) is 11.4. The molecule has 0 radical (unpaired) electrons. The van der Waals surface area contributed by atoms with Crippen molar-refractivity contribution < 1.29 is 27.5 Å². The van der Waals surface area contributed by atoms with Crippen LogP contribution in [0.4, 0.5) is 18.9 Å². The molecule has 0 saturated carbocycles. The maximum absolute atomic E-state index is 13.7. The molecule has 10 nitrogen and oxygen atoms in total. The minimum atomic E-state index is -4.76. The van der Waals surface area contributed by atoms with Gasteiger partial charge in [-0.15, -0.1) is 11.3 Å². The molecule has 0 saturated heterocycles. The van der Waals surface area contributed by atoms with E-state index in [-0.39, 0.29) is 38.8 Å². The lowest BCUT2D eigenvalue weighted by atomic mass is 10.0. The fourth-order valence-corrected chi connectivity index (χ4v) is 4.91. The number of carbonyl (C=O) groups excluding carboxylic acids is 2. The number of hydrogen-bond acceptors (Lipinski definition) is 7. The largest absolute Gasteiger partial charge is 0.471 e. The minimum Gasteiger partial charge on any atom is -0.471 e. The average molecular weight is 556 g/mol. The number of thiophene rings is 1. The van der Waals surface area contributed by atoms with Crippen LogP contribution in [0.25, 0.3) is 21.3 Å². The summed E-state index contributed by atoms with van der Waals surface area (Å²) in [6, 6.07) is 11.3. The Labute approximate surface area is 222 Å². The van der Waals surface area contributed by atoms with Gasteiger partial charge in [-0.1, -0.05) is 18.2 Å². The zero-order chi connectivity index (χ0) is 27.9. The number of nitrogens with two attached hydrogens (primary N) is 1. The predicted octanol–water partition coefficient (Wildman–Crippen LogP) is 4.61. The molecule has 0 aliphatic rings. The fraction of sp³-hybridized carbons (Fsp3) is 0.160. The van der Waals surface area contributed by atoms with E-state index in [1.165, 1.54) is 27.8 Å². The molecule has 0 aliphatic heterocycles. The zero-order valence-corrected chi connectivity index (χ0v) is 21.3. The highest BCUT2D eigenvalue weighted by Gasteiger charge is 2.35. The Morgan fingerprint density at radius 3 is 2.54 bits per heavy atom. The molecule has 5 rings (SSSR count). The van der Waals surface area contributed by atoms with Gasteiger partial charge in [0.2, 0.25) is 0 Å². The molecule has 4 aromatic heterocycles. The summed E-state index contributed by atoms with van der Waals surface area (Å²) in [5.41, 5.74) is 5.38. The van der Waals surface area contributed by atoms with Crippen LogP contribution < -0.4 is 15.8 Å². The third-order valence-electron chi connectivity index (χ3n) is 5.92. The average Bonchev–Trinajstić information content (AvgIpc) is 3.60. The number of pyridine rings is 1. The van der Waals surface area contributed by atoms with Crippen molar-refractivity contribution in [1.82, 2.24) is 24.5 Å². The number of nitrogens with one attached hydrogen (secondary N) is 1. The first-order valence-corrected chi connectivity index (χ1v) is 12.2. The van der Waals surface area contributed by atoms with Crippen molar-refractivity contribution in [2.45, 2.75) is 19.8 Å². The van der Waals surface area contributed by atoms with Crippen LogP contribution in [0.3, 0.4) is 0 Å². The topological polar surface area (TPSA) is 130 Å². The number of alkyl halides is 3. The standard InChI is InChI=1S/C25H20F3N7O3S/c1-13-16(11-30-34(13)2)15-10-18(25(26,27)28)31-24-19(15)20(21(39-24)22(29)36)32-23(37)17-8-9-35(33-17)12-38-14-6-4-3-5-7-14/h3-11H,12H2,1-2H3,(H2,29,36)(H,32,37). The van der Waals surface area contributed by atoms with Crippen molar-refractivity contribution in [3.63, 3.8) is 0 Å². The lowest BCUT2D eigenvalue weighted by molar-refractivity contribution is -0.140. The van der Waals surface area contributed by atoms with E-state index in [0.717, 1.165) is 6.07 Å². The molecule has 2 amide bonds. The molecule has 0 atom stereocenters. The first-order chi connectivity index (χ1) is 18.5. The number of aromatic nitrogens is 5. The SMILES string of the molecule is Cc1c(-c2cc(C(F)(F)F)nc3sc(C(N)=O)c(NC(=O)c4ccn(COc5ccccc5)n4)c23)cnn1C. The molecule has 1 aromatic carbocycles. The number of aryl methyl sites for hydroxylation is 1. The van der Waals surface area contributed by atoms with Crippen LogP contribution >= 0.6 is 11.3 Å². The second kappa shape index (κ2) is 9.87. The van der Waals surface area contributed by atoms with Crippen molar-refractivity contribution in [1.29, 1.82) is 0 Å². The molecule has 0 aliphatic carbocycles. The molecule has 5 aromatic rings. The molecule has 39 heavy (non-hydrogen) atoms. The van der Waals surface area contributed by atoms with Crippen molar-refractivity contribution in [2.75, 3.05) is 5.32 Å². The van der Waals surface area contributed by atoms with Crippen LogP contribution in [0, 0.1) is 6.92 Å². The maximum Gasteiger partial charge on any atom is 0.433 e. The molecular weight excluding hydrogens is 535 g/mol. The molecule has 14 heteroatoms. The van der Waals surface area contributed by atoms with E-state index < -0.39 is 23.7 Å². The highest BCUT2D eigenvalue weighted by Crippen LogP contribution is 2.44. The van der Waals surface area contributed by atoms with E-state index in [9.17, 15) is 22.8 Å². The van der Waals surface area contributed by atoms with Crippen LogP contribution in [0.5, 0.6) is 5.75 Å². The Kier molecular flexibility index (Phi) is 6.56. The van der Waals surface area contributed by atoms with Gasteiger partial charge in [-0.3, -0.25) is 14.3 Å². The van der Waals surface area contributed by atoms with E-state index in [2.05, 4.69) is 20.5 Å². The maximum atomic E-state index is 13.7. The number of nitrogens with zero attached hydrogens (tertiary/aromatic N) is 5. The number of hydrogen-bond donors (Lipinski definition) is 2. The van der Waals surface area contributed by atoms with Crippen LogP contribution in [0.15, 0.2) is 54.9 Å². The van der Waals surface area contributed by atoms with Crippen molar-refractivity contribution in [3.05, 3.63) is 76.8 Å². The number of anilines is 1. The quantitative estimate of drug-likeness (QED) is 0.302. The molecule has 200 valence electrons. The third kappa shape index (κ3) is 5.05. The Morgan fingerprint density at radius 2 is 1.90 bits per heavy atom. The molecule has 3 N–H and O–H groups in total. The monoisotopic (exact) mass is 555 g/mol. The Balaban J connectivity index is 1.55. The molecule has 0 spiro atoms. The summed E-state index contributed by atoms with van der Waals surface area (Å²) in [4.78, 5) is 29.0. The Morgan fingerprint density at radius 1 is 1.15 bits per heavy atom. The van der Waals surface area contributed by atoms with Gasteiger partial charge in [-0.2, -0.15) is 23.4 Å². The number of rotatable bonds is 7. The van der Waals surface area contributed by atoms with Gasteiger partial charge < -0.3 is 15.8 Å². The number of fused-ring (bicyclic) bond motifs is 1. The van der Waals surface area contributed by atoms with E-state index in [0.29, 0.717) is 28.3 Å². The molecule has 0 bridgehead atoms. The summed E-state index contributed by atoms with van der Waals surface area (Å²) in [6.07, 6.45) is -1.82. The van der Waals surface area contributed by atoms with E-state index >= 15 is 0 Å². The Hall–Kier alpha value is -4.72. The number of halogens is 3. The summed E-state index contributed by atoms with van der Waals surface area (Å²) in [5, 5.41) is 11.1. The van der Waals surface area contributed by atoms with Crippen molar-refractivity contribution >= 4 is 39.1 Å². The number of ether oxygens (including phenoxy) is 1. The van der Waals surface area contributed by atoms with Gasteiger partial charge >= 0.3 is 6.18 Å². The van der Waals surface area contributed by atoms with Crippen molar-refractivity contribution in [2.24, 2.45) is 12.8 Å². The molecule has 0 unspecified atom stereocenters. The van der Waals surface area contributed by atoms with Gasteiger partial charge in [0.1, 0.15) is 21.2 Å². The van der Waals surface area contributed by atoms with Gasteiger partial charge in [-0.25, -0.2) is 9.67 Å². The van der Waals surface area contributed by atoms with Gasteiger partial charge in [0, 0.05) is 29.9 Å². The number of amides is 2. The minimum absolute atomic E-state index is 0.0135. The van der Waals surface area contributed by atoms with Gasteiger partial charge in [-0.05, 0) is 36.8 Å². The van der Waals surface area contributed by atoms with Gasteiger partial charge in [0.25, 0.3) is 11.8 Å². The smallest absolute Gasteiger partial charge is 0.433 e. The third-order valence-corrected chi connectivity index (χ3v) is 7.02. The lowest BCUT2D eigenvalue weighted by Gasteiger charge is -2.12. The number of para-hydroxylation sites is 1. The van der Waals surface area contributed by atoms with E-state index in [1.807, 2.05) is 18.2 Å². The molecular formula is C25H20F3N7O3S. The van der Waals surface area contributed by atoms with Crippen LogP contribution in [0.2, 0.25) is 0 Å². The number of primary amides is 1. The summed E-state index contributed by atoms with van der Waals surface area (Å²) >= 11 is 0.659. The van der Waals surface area contributed by atoms with E-state index in [4.69, 9.17) is 10.5 Å². The molecule has 4 heterocycles.